The highest BCUT2D eigenvalue weighted by atomic mass is 16.2. The van der Waals surface area contributed by atoms with E-state index in [0.29, 0.717) is 12.1 Å². The van der Waals surface area contributed by atoms with Crippen molar-refractivity contribution >= 4 is 11.8 Å². The lowest BCUT2D eigenvalue weighted by molar-refractivity contribution is -0.120. The fourth-order valence-corrected chi connectivity index (χ4v) is 2.85. The molecule has 0 aromatic heterocycles. The summed E-state index contributed by atoms with van der Waals surface area (Å²) in [5, 5.41) is 5.50. The normalized spacial score (nSPS) is 15.7. The molecular formula is C19H30N4O2. The summed E-state index contributed by atoms with van der Waals surface area (Å²) < 4.78 is 0. The highest BCUT2D eigenvalue weighted by Crippen LogP contribution is 2.03. The molecule has 0 spiro atoms. The number of nitrogens with zero attached hydrogens (tertiary/aromatic N) is 2. The number of carbonyl (C=O) groups is 2. The van der Waals surface area contributed by atoms with Gasteiger partial charge in [0, 0.05) is 38.3 Å². The van der Waals surface area contributed by atoms with Crippen LogP contribution in [0.4, 0.5) is 0 Å². The van der Waals surface area contributed by atoms with E-state index in [1.54, 1.807) is 24.3 Å². The lowest BCUT2D eigenvalue weighted by Crippen LogP contribution is -2.44. The van der Waals surface area contributed by atoms with E-state index in [-0.39, 0.29) is 18.4 Å². The smallest absolute Gasteiger partial charge is 0.251 e. The van der Waals surface area contributed by atoms with Crippen molar-refractivity contribution in [1.82, 2.24) is 20.4 Å². The standard InChI is InChI=1S/C19H30N4O2/c1-22-12-14-23(15-13-22)11-7-3-6-10-20-18(24)16-21-19(25)17-8-4-2-5-9-17/h2,4-5,8-9H,3,6-7,10-16H2,1H3,(H,20,24)(H,21,25). The number of amides is 2. The number of nitrogens with one attached hydrogen (secondary N) is 2. The molecule has 1 aliphatic rings. The van der Waals surface area contributed by atoms with E-state index in [1.165, 1.54) is 6.42 Å². The van der Waals surface area contributed by atoms with E-state index in [9.17, 15) is 9.59 Å². The van der Waals surface area contributed by atoms with Gasteiger partial charge in [0.25, 0.3) is 5.91 Å². The zero-order chi connectivity index (χ0) is 17.9. The van der Waals surface area contributed by atoms with E-state index in [2.05, 4.69) is 27.5 Å². The Labute approximate surface area is 150 Å². The SMILES string of the molecule is CN1CCN(CCCCCNC(=O)CNC(=O)c2ccccc2)CC1. The molecule has 0 saturated carbocycles. The zero-order valence-electron chi connectivity index (χ0n) is 15.2. The summed E-state index contributed by atoms with van der Waals surface area (Å²) in [5.41, 5.74) is 0.569. The van der Waals surface area contributed by atoms with Crippen LogP contribution in [0.3, 0.4) is 0 Å². The van der Waals surface area contributed by atoms with Gasteiger partial charge < -0.3 is 20.4 Å². The maximum absolute atomic E-state index is 11.8. The second-order valence-corrected chi connectivity index (χ2v) is 6.60. The van der Waals surface area contributed by atoms with E-state index in [4.69, 9.17) is 0 Å². The van der Waals surface area contributed by atoms with Crippen LogP contribution in [0.5, 0.6) is 0 Å². The summed E-state index contributed by atoms with van der Waals surface area (Å²) in [5.74, 6) is -0.355. The molecule has 1 fully saturated rings. The molecule has 0 atom stereocenters. The highest BCUT2D eigenvalue weighted by molar-refractivity contribution is 5.96. The minimum atomic E-state index is -0.220. The Balaban J connectivity index is 1.46. The molecule has 0 unspecified atom stereocenters. The van der Waals surface area contributed by atoms with Gasteiger partial charge in [0.15, 0.2) is 0 Å². The molecule has 6 nitrogen and oxygen atoms in total. The minimum Gasteiger partial charge on any atom is -0.355 e. The second-order valence-electron chi connectivity index (χ2n) is 6.60. The van der Waals surface area contributed by atoms with Gasteiger partial charge in [-0.15, -0.1) is 0 Å². The topological polar surface area (TPSA) is 64.7 Å². The molecule has 2 rings (SSSR count). The molecule has 0 radical (unpaired) electrons. The van der Waals surface area contributed by atoms with Crippen LogP contribution in [0.15, 0.2) is 30.3 Å². The third-order valence-corrected chi connectivity index (χ3v) is 4.51. The molecule has 6 heteroatoms. The van der Waals surface area contributed by atoms with Gasteiger partial charge in [-0.1, -0.05) is 24.6 Å². The van der Waals surface area contributed by atoms with Crippen LogP contribution in [0.25, 0.3) is 0 Å². The largest absolute Gasteiger partial charge is 0.355 e. The number of hydrogen-bond donors (Lipinski definition) is 2. The molecule has 0 aliphatic carbocycles. The molecule has 1 saturated heterocycles. The number of carbonyl (C=O) groups excluding carboxylic acids is 2. The monoisotopic (exact) mass is 346 g/mol. The highest BCUT2D eigenvalue weighted by Gasteiger charge is 2.12. The number of benzene rings is 1. The van der Waals surface area contributed by atoms with Crippen LogP contribution in [0, 0.1) is 0 Å². The summed E-state index contributed by atoms with van der Waals surface area (Å²) in [6.45, 7) is 6.48. The third-order valence-electron chi connectivity index (χ3n) is 4.51. The van der Waals surface area contributed by atoms with Crippen molar-refractivity contribution < 1.29 is 9.59 Å². The summed E-state index contributed by atoms with van der Waals surface area (Å²) >= 11 is 0. The van der Waals surface area contributed by atoms with Crippen molar-refractivity contribution in [2.45, 2.75) is 19.3 Å². The molecule has 1 aliphatic heterocycles. The number of unbranched alkanes of at least 4 members (excludes halogenated alkanes) is 2. The lowest BCUT2D eigenvalue weighted by atomic mass is 10.2. The molecule has 1 aromatic rings. The van der Waals surface area contributed by atoms with Gasteiger partial charge in [-0.2, -0.15) is 0 Å². The van der Waals surface area contributed by atoms with Crippen molar-refractivity contribution in [3.05, 3.63) is 35.9 Å². The first-order valence-corrected chi connectivity index (χ1v) is 9.16. The van der Waals surface area contributed by atoms with Crippen molar-refractivity contribution in [2.75, 3.05) is 52.9 Å². The molecule has 1 heterocycles. The van der Waals surface area contributed by atoms with Crippen LogP contribution in [-0.4, -0.2) is 74.5 Å². The first-order valence-electron chi connectivity index (χ1n) is 9.16. The summed E-state index contributed by atoms with van der Waals surface area (Å²) in [6, 6.07) is 8.92. The quantitative estimate of drug-likeness (QED) is 0.654. The van der Waals surface area contributed by atoms with E-state index in [0.717, 1.165) is 45.6 Å². The summed E-state index contributed by atoms with van der Waals surface area (Å²) in [4.78, 5) is 28.5. The molecule has 25 heavy (non-hydrogen) atoms. The van der Waals surface area contributed by atoms with Crippen LogP contribution in [-0.2, 0) is 4.79 Å². The molecule has 0 bridgehead atoms. The van der Waals surface area contributed by atoms with Gasteiger partial charge in [-0.05, 0) is 38.6 Å². The van der Waals surface area contributed by atoms with Gasteiger partial charge in [0.1, 0.15) is 0 Å². The van der Waals surface area contributed by atoms with Gasteiger partial charge in [0.2, 0.25) is 5.91 Å². The average molecular weight is 346 g/mol. The Morgan fingerprint density at radius 2 is 1.68 bits per heavy atom. The Kier molecular flexibility index (Phi) is 8.42. The first kappa shape index (κ1) is 19.4. The molecule has 1 aromatic carbocycles. The van der Waals surface area contributed by atoms with Gasteiger partial charge in [0.05, 0.1) is 6.54 Å². The van der Waals surface area contributed by atoms with E-state index >= 15 is 0 Å². The number of likely N-dealkylation sites (N-methyl/N-ethyl adjacent to an activating group) is 1. The van der Waals surface area contributed by atoms with Crippen LogP contribution >= 0.6 is 0 Å². The lowest BCUT2D eigenvalue weighted by Gasteiger charge is -2.32. The average Bonchev–Trinajstić information content (AvgIpc) is 2.64. The fourth-order valence-electron chi connectivity index (χ4n) is 2.85. The van der Waals surface area contributed by atoms with E-state index in [1.807, 2.05) is 6.07 Å². The number of piperazine rings is 1. The Hall–Kier alpha value is -1.92. The van der Waals surface area contributed by atoms with Gasteiger partial charge in [-0.3, -0.25) is 9.59 Å². The summed E-state index contributed by atoms with van der Waals surface area (Å²) in [7, 11) is 2.17. The summed E-state index contributed by atoms with van der Waals surface area (Å²) in [6.07, 6.45) is 3.26. The fraction of sp³-hybridized carbons (Fsp3) is 0.579. The van der Waals surface area contributed by atoms with Crippen LogP contribution in [0.1, 0.15) is 29.6 Å². The predicted octanol–water partition coefficient (Wildman–Crippen LogP) is 0.950. The third kappa shape index (κ3) is 7.67. The predicted molar refractivity (Wildman–Crippen MR) is 99.6 cm³/mol. The molecule has 2 N–H and O–H groups in total. The van der Waals surface area contributed by atoms with Crippen molar-refractivity contribution in [1.29, 1.82) is 0 Å². The second kappa shape index (κ2) is 10.8. The van der Waals surface area contributed by atoms with Crippen LogP contribution < -0.4 is 10.6 Å². The van der Waals surface area contributed by atoms with Crippen LogP contribution in [0.2, 0.25) is 0 Å². The zero-order valence-corrected chi connectivity index (χ0v) is 15.2. The maximum atomic E-state index is 11.8. The number of rotatable bonds is 9. The van der Waals surface area contributed by atoms with Gasteiger partial charge >= 0.3 is 0 Å². The van der Waals surface area contributed by atoms with Crippen molar-refractivity contribution in [2.24, 2.45) is 0 Å². The van der Waals surface area contributed by atoms with Crippen molar-refractivity contribution in [3.8, 4) is 0 Å². The molecule has 2 amide bonds. The minimum absolute atomic E-state index is 0.0228. The Morgan fingerprint density at radius 1 is 0.960 bits per heavy atom. The molecular weight excluding hydrogens is 316 g/mol. The Morgan fingerprint density at radius 3 is 2.40 bits per heavy atom. The first-order chi connectivity index (χ1) is 12.1. The van der Waals surface area contributed by atoms with Crippen molar-refractivity contribution in [3.63, 3.8) is 0 Å². The van der Waals surface area contributed by atoms with Gasteiger partial charge in [-0.25, -0.2) is 0 Å². The van der Waals surface area contributed by atoms with E-state index < -0.39 is 0 Å². The maximum Gasteiger partial charge on any atom is 0.251 e. The molecule has 138 valence electrons. The number of hydrogen-bond acceptors (Lipinski definition) is 4. The Bertz CT molecular complexity index is 527.